The van der Waals surface area contributed by atoms with Crippen LogP contribution in [0.25, 0.3) is 10.8 Å². The van der Waals surface area contributed by atoms with Crippen LogP contribution in [0.5, 0.6) is 5.75 Å². The van der Waals surface area contributed by atoms with Crippen LogP contribution in [0.4, 0.5) is 0 Å². The van der Waals surface area contributed by atoms with Crippen molar-refractivity contribution in [2.75, 3.05) is 6.61 Å². The molecular weight excluding hydrogens is 561 g/mol. The molecule has 1 fully saturated rings. The third-order valence-corrected chi connectivity index (χ3v) is 8.23. The number of aliphatic hydroxyl groups excluding tert-OH is 1. The summed E-state index contributed by atoms with van der Waals surface area (Å²) in [6, 6.07) is 12.6. The number of rotatable bonds is 10. The number of fused-ring (bicyclic) bond motifs is 1. The van der Waals surface area contributed by atoms with Gasteiger partial charge in [0.2, 0.25) is 0 Å². The van der Waals surface area contributed by atoms with Gasteiger partial charge in [-0.05, 0) is 51.4 Å². The maximum absolute atomic E-state index is 14.1. The van der Waals surface area contributed by atoms with E-state index in [1.165, 1.54) is 30.7 Å². The zero-order chi connectivity index (χ0) is 29.2. The Morgan fingerprint density at radius 1 is 1.23 bits per heavy atom. The highest BCUT2D eigenvalue weighted by atomic mass is 32.1. The summed E-state index contributed by atoms with van der Waals surface area (Å²) in [5.41, 5.74) is -2.31. The van der Waals surface area contributed by atoms with E-state index in [9.17, 15) is 24.4 Å². The monoisotopic (exact) mass is 593 g/mol. The zero-order valence-electron chi connectivity index (χ0n) is 22.3. The van der Waals surface area contributed by atoms with E-state index in [4.69, 9.17) is 30.7 Å². The molecule has 3 aromatic rings. The lowest BCUT2D eigenvalue weighted by Gasteiger charge is -2.28. The van der Waals surface area contributed by atoms with Crippen molar-refractivity contribution < 1.29 is 38.1 Å². The van der Waals surface area contributed by atoms with Crippen LogP contribution in [0.3, 0.4) is 0 Å². The molecule has 0 saturated carbocycles. The van der Waals surface area contributed by atoms with Crippen molar-refractivity contribution in [1.82, 2.24) is 14.6 Å². The second-order valence-corrected chi connectivity index (χ2v) is 12.0. The van der Waals surface area contributed by atoms with E-state index in [1.807, 2.05) is 18.2 Å². The number of hydrogen-bond donors (Lipinski definition) is 4. The van der Waals surface area contributed by atoms with Crippen LogP contribution >= 0.6 is 20.0 Å². The highest BCUT2D eigenvalue weighted by molar-refractivity contribution is 7.71. The summed E-state index contributed by atoms with van der Waals surface area (Å²) in [6.07, 6.45) is -2.99. The molecule has 4 rings (SSSR count). The Bertz CT molecular complexity index is 1530. The van der Waals surface area contributed by atoms with Crippen molar-refractivity contribution in [1.29, 1.82) is 0 Å². The molecule has 6 atom stereocenters. The number of nitrogens with zero attached hydrogens (tertiary/aromatic N) is 1. The smallest absolute Gasteiger partial charge is 0.459 e. The second-order valence-electron chi connectivity index (χ2n) is 9.91. The predicted molar refractivity (Wildman–Crippen MR) is 148 cm³/mol. The largest absolute Gasteiger partial charge is 0.462 e. The van der Waals surface area contributed by atoms with Crippen molar-refractivity contribution >= 4 is 36.7 Å². The number of aromatic nitrogens is 2. The number of carbonyl (C=O) groups excluding carboxylic acids is 1. The van der Waals surface area contributed by atoms with Gasteiger partial charge in [-0.3, -0.25) is 23.7 Å². The Morgan fingerprint density at radius 3 is 2.62 bits per heavy atom. The van der Waals surface area contributed by atoms with Crippen LogP contribution < -0.4 is 15.2 Å². The predicted octanol–water partition coefficient (Wildman–Crippen LogP) is 3.20. The van der Waals surface area contributed by atoms with Crippen LogP contribution in [-0.4, -0.2) is 62.3 Å². The molecule has 14 heteroatoms. The minimum atomic E-state index is -4.33. The summed E-state index contributed by atoms with van der Waals surface area (Å²) in [4.78, 5) is 26.5. The number of hydrogen-bond acceptors (Lipinski definition) is 10. The molecule has 1 aromatic heterocycles. The average Bonchev–Trinajstić information content (AvgIpc) is 3.11. The third kappa shape index (κ3) is 6.52. The van der Waals surface area contributed by atoms with Crippen molar-refractivity contribution in [2.24, 2.45) is 0 Å². The summed E-state index contributed by atoms with van der Waals surface area (Å²) >= 11 is 5.18. The number of carbonyl (C=O) groups is 1. The number of ether oxygens (including phenoxy) is 2. The number of benzene rings is 2. The lowest BCUT2D eigenvalue weighted by molar-refractivity contribution is -0.149. The fourth-order valence-electron chi connectivity index (χ4n) is 4.28. The molecule has 1 aliphatic rings. The van der Waals surface area contributed by atoms with Gasteiger partial charge >= 0.3 is 13.7 Å². The van der Waals surface area contributed by atoms with Crippen molar-refractivity contribution in [3.05, 3.63) is 69.9 Å². The lowest BCUT2D eigenvalue weighted by atomic mass is 9.96. The van der Waals surface area contributed by atoms with E-state index in [0.717, 1.165) is 5.39 Å². The van der Waals surface area contributed by atoms with E-state index in [0.29, 0.717) is 5.39 Å². The molecular formula is C26H32N3O9PS. The molecule has 0 radical (unpaired) electrons. The van der Waals surface area contributed by atoms with Gasteiger partial charge < -0.3 is 24.2 Å². The molecule has 2 aromatic carbocycles. The van der Waals surface area contributed by atoms with Gasteiger partial charge in [-0.2, -0.15) is 5.09 Å². The summed E-state index contributed by atoms with van der Waals surface area (Å²) in [6.45, 7) is 5.65. The minimum Gasteiger partial charge on any atom is -0.462 e. The molecule has 40 heavy (non-hydrogen) atoms. The van der Waals surface area contributed by atoms with Gasteiger partial charge in [-0.15, -0.1) is 0 Å². The van der Waals surface area contributed by atoms with Crippen LogP contribution in [0.15, 0.2) is 59.5 Å². The first-order valence-electron chi connectivity index (χ1n) is 12.6. The maximum atomic E-state index is 14.1. The molecule has 12 nitrogen and oxygen atoms in total. The number of H-pyrrole nitrogens is 1. The normalized spacial score (nSPS) is 25.0. The Hall–Kier alpha value is -2.90. The third-order valence-electron chi connectivity index (χ3n) is 6.29. The highest BCUT2D eigenvalue weighted by Gasteiger charge is 2.54. The molecule has 0 spiro atoms. The van der Waals surface area contributed by atoms with Gasteiger partial charge in [0.05, 0.1) is 12.7 Å². The van der Waals surface area contributed by atoms with Crippen LogP contribution in [0, 0.1) is 4.77 Å². The van der Waals surface area contributed by atoms with Gasteiger partial charge in [-0.25, -0.2) is 4.57 Å². The molecule has 216 valence electrons. The molecule has 2 unspecified atom stereocenters. The van der Waals surface area contributed by atoms with Crippen LogP contribution in [0.2, 0.25) is 0 Å². The highest BCUT2D eigenvalue weighted by Crippen LogP contribution is 2.48. The average molecular weight is 594 g/mol. The number of aliphatic hydroxyl groups is 2. The first-order valence-corrected chi connectivity index (χ1v) is 14.5. The zero-order valence-corrected chi connectivity index (χ0v) is 24.1. The van der Waals surface area contributed by atoms with Gasteiger partial charge in [0.25, 0.3) is 5.56 Å². The molecule has 0 bridgehead atoms. The standard InChI is InChI=1S/C26H32N3O9PS/c1-15(2)36-23(32)16(3)28-39(34,38-19-11-7-9-17-8-5-6-10-18(17)19)35-14-20-22(31)26(4,33)24(37-20)29-13-12-21(30)27-25(29)40/h5-13,15-16,20,22,24,31,33H,14H2,1-4H3,(H,28,34)(H,27,30,40)/t16-,20+,22-,24+,26?,39?/m0/s1. The Balaban J connectivity index is 1.60. The van der Waals surface area contributed by atoms with E-state index in [-0.39, 0.29) is 10.5 Å². The van der Waals surface area contributed by atoms with Crippen molar-refractivity contribution in [3.63, 3.8) is 0 Å². The topological polar surface area (TPSA) is 161 Å². The lowest BCUT2D eigenvalue weighted by Crippen LogP contribution is -2.45. The summed E-state index contributed by atoms with van der Waals surface area (Å²) in [7, 11) is -4.33. The van der Waals surface area contributed by atoms with E-state index < -0.39 is 62.1 Å². The van der Waals surface area contributed by atoms with E-state index >= 15 is 0 Å². The summed E-state index contributed by atoms with van der Waals surface area (Å²) < 4.78 is 38.0. The van der Waals surface area contributed by atoms with Crippen LogP contribution in [0.1, 0.15) is 33.9 Å². The SMILES string of the molecule is CC(C)OC(=O)[C@H](C)NP(=O)(OC[C@H]1O[C@@H](n2ccc(=O)[nH]c2=S)C(C)(O)[C@H]1O)Oc1cccc2ccccc12. The van der Waals surface area contributed by atoms with E-state index in [2.05, 4.69) is 10.1 Å². The molecule has 1 saturated heterocycles. The quantitative estimate of drug-likeness (QED) is 0.155. The Kier molecular flexibility index (Phi) is 8.96. The second kappa shape index (κ2) is 11.9. The molecule has 0 aliphatic carbocycles. The summed E-state index contributed by atoms with van der Waals surface area (Å²) in [5.74, 6) is -0.441. The molecule has 1 aliphatic heterocycles. The van der Waals surface area contributed by atoms with Gasteiger partial charge in [-0.1, -0.05) is 36.4 Å². The summed E-state index contributed by atoms with van der Waals surface area (Å²) in [5, 5.41) is 26.0. The fraction of sp³-hybridized carbons (Fsp3) is 0.423. The first-order chi connectivity index (χ1) is 18.8. The number of nitrogens with one attached hydrogen (secondary N) is 2. The van der Waals surface area contributed by atoms with Gasteiger partial charge in [0, 0.05) is 17.6 Å². The molecule has 4 N–H and O–H groups in total. The van der Waals surface area contributed by atoms with Gasteiger partial charge in [0.1, 0.15) is 29.6 Å². The van der Waals surface area contributed by atoms with E-state index in [1.54, 1.807) is 38.1 Å². The number of esters is 1. The van der Waals surface area contributed by atoms with Crippen molar-refractivity contribution in [2.45, 2.75) is 63.9 Å². The fourth-order valence-corrected chi connectivity index (χ4v) is 6.06. The number of aromatic amines is 1. The van der Waals surface area contributed by atoms with Crippen molar-refractivity contribution in [3.8, 4) is 5.75 Å². The van der Waals surface area contributed by atoms with Crippen LogP contribution in [-0.2, 0) is 23.4 Å². The molecule has 0 amide bonds. The molecule has 2 heterocycles. The minimum absolute atomic E-state index is 0.0318. The Morgan fingerprint density at radius 2 is 1.93 bits per heavy atom. The Labute approximate surface area is 235 Å². The first kappa shape index (κ1) is 30.1. The maximum Gasteiger partial charge on any atom is 0.459 e. The van der Waals surface area contributed by atoms with Gasteiger partial charge in [0.15, 0.2) is 11.0 Å².